The second-order valence-corrected chi connectivity index (χ2v) is 5.66. The average Bonchev–Trinajstić information content (AvgIpc) is 2.44. The zero-order chi connectivity index (χ0) is 14.4. The summed E-state index contributed by atoms with van der Waals surface area (Å²) in [6.45, 7) is 6.14. The van der Waals surface area contributed by atoms with Crippen LogP contribution in [-0.2, 0) is 6.54 Å². The van der Waals surface area contributed by atoms with Gasteiger partial charge in [-0.15, -0.1) is 0 Å². The van der Waals surface area contributed by atoms with Crippen molar-refractivity contribution < 1.29 is 4.74 Å². The highest BCUT2D eigenvalue weighted by molar-refractivity contribution is 9.10. The molecule has 0 aliphatic rings. The fourth-order valence-corrected chi connectivity index (χ4v) is 2.44. The molecule has 106 valence electrons. The minimum atomic E-state index is 0.846. The summed E-state index contributed by atoms with van der Waals surface area (Å²) in [5, 5.41) is 3.40. The van der Waals surface area contributed by atoms with Crippen molar-refractivity contribution in [2.24, 2.45) is 0 Å². The number of hydrogen-bond donors (Lipinski definition) is 1. The summed E-state index contributed by atoms with van der Waals surface area (Å²) in [5.74, 6) is 1.74. The van der Waals surface area contributed by atoms with Crippen LogP contribution in [0.15, 0.2) is 46.9 Å². The van der Waals surface area contributed by atoms with E-state index in [1.807, 2.05) is 37.3 Å². The zero-order valence-electron chi connectivity index (χ0n) is 11.9. The Bertz CT molecular complexity index is 569. The molecule has 20 heavy (non-hydrogen) atoms. The van der Waals surface area contributed by atoms with E-state index < -0.39 is 0 Å². The van der Waals surface area contributed by atoms with Crippen molar-refractivity contribution in [2.45, 2.75) is 26.8 Å². The average molecular weight is 334 g/mol. The van der Waals surface area contributed by atoms with Gasteiger partial charge >= 0.3 is 0 Å². The van der Waals surface area contributed by atoms with Crippen LogP contribution in [0.25, 0.3) is 0 Å². The SMILES string of the molecule is CCCNCc1ccc(Oc2ccccc2C)c(Br)c1. The van der Waals surface area contributed by atoms with Gasteiger partial charge in [0.2, 0.25) is 0 Å². The van der Waals surface area contributed by atoms with Gasteiger partial charge in [0.25, 0.3) is 0 Å². The molecule has 2 nitrogen and oxygen atoms in total. The molecule has 0 fully saturated rings. The number of hydrogen-bond acceptors (Lipinski definition) is 2. The maximum Gasteiger partial charge on any atom is 0.141 e. The first-order valence-electron chi connectivity index (χ1n) is 6.93. The number of nitrogens with one attached hydrogen (secondary N) is 1. The number of ether oxygens (including phenoxy) is 1. The maximum atomic E-state index is 5.95. The number of halogens is 1. The smallest absolute Gasteiger partial charge is 0.141 e. The summed E-state index contributed by atoms with van der Waals surface area (Å²) in [5.41, 5.74) is 2.38. The molecule has 0 radical (unpaired) electrons. The van der Waals surface area contributed by atoms with Gasteiger partial charge in [0.05, 0.1) is 4.47 Å². The van der Waals surface area contributed by atoms with E-state index in [9.17, 15) is 0 Å². The van der Waals surface area contributed by atoms with Gasteiger partial charge in [-0.1, -0.05) is 31.2 Å². The molecule has 0 aromatic heterocycles. The van der Waals surface area contributed by atoms with Crippen LogP contribution in [0, 0.1) is 6.92 Å². The van der Waals surface area contributed by atoms with Gasteiger partial charge in [-0.25, -0.2) is 0 Å². The van der Waals surface area contributed by atoms with E-state index in [-0.39, 0.29) is 0 Å². The first kappa shape index (κ1) is 15.1. The van der Waals surface area contributed by atoms with Crippen LogP contribution in [0.1, 0.15) is 24.5 Å². The summed E-state index contributed by atoms with van der Waals surface area (Å²) in [4.78, 5) is 0. The first-order chi connectivity index (χ1) is 9.70. The molecule has 2 aromatic carbocycles. The Morgan fingerprint density at radius 2 is 1.90 bits per heavy atom. The van der Waals surface area contributed by atoms with E-state index in [2.05, 4.69) is 40.3 Å². The second kappa shape index (κ2) is 7.46. The minimum Gasteiger partial charge on any atom is -0.456 e. The highest BCUT2D eigenvalue weighted by Crippen LogP contribution is 2.31. The van der Waals surface area contributed by atoms with E-state index in [1.165, 1.54) is 5.56 Å². The summed E-state index contributed by atoms with van der Waals surface area (Å²) in [7, 11) is 0. The van der Waals surface area contributed by atoms with Crippen LogP contribution in [0.2, 0.25) is 0 Å². The van der Waals surface area contributed by atoms with Crippen molar-refractivity contribution in [1.29, 1.82) is 0 Å². The van der Waals surface area contributed by atoms with Crippen molar-refractivity contribution in [3.63, 3.8) is 0 Å². The van der Waals surface area contributed by atoms with Crippen LogP contribution in [-0.4, -0.2) is 6.54 Å². The number of rotatable bonds is 6. The Labute approximate surface area is 129 Å². The van der Waals surface area contributed by atoms with Gasteiger partial charge < -0.3 is 10.1 Å². The highest BCUT2D eigenvalue weighted by Gasteiger charge is 2.05. The molecule has 0 saturated heterocycles. The number of aryl methyl sites for hydroxylation is 1. The quantitative estimate of drug-likeness (QED) is 0.747. The third-order valence-electron chi connectivity index (χ3n) is 3.07. The Balaban J connectivity index is 2.08. The standard InChI is InChI=1S/C17H20BrNO/c1-3-10-19-12-14-8-9-17(15(18)11-14)20-16-7-5-4-6-13(16)2/h4-9,11,19H,3,10,12H2,1-2H3. The largest absolute Gasteiger partial charge is 0.456 e. The molecule has 0 heterocycles. The van der Waals surface area contributed by atoms with Gasteiger partial charge in [-0.05, 0) is 65.1 Å². The van der Waals surface area contributed by atoms with Gasteiger partial charge in [-0.3, -0.25) is 0 Å². The number of para-hydroxylation sites is 1. The van der Waals surface area contributed by atoms with Gasteiger partial charge in [0, 0.05) is 6.54 Å². The second-order valence-electron chi connectivity index (χ2n) is 4.81. The van der Waals surface area contributed by atoms with Crippen molar-refractivity contribution in [2.75, 3.05) is 6.54 Å². The highest BCUT2D eigenvalue weighted by atomic mass is 79.9. The molecule has 0 amide bonds. The fourth-order valence-electron chi connectivity index (χ4n) is 1.94. The molecular formula is C17H20BrNO. The Kier molecular flexibility index (Phi) is 5.62. The lowest BCUT2D eigenvalue weighted by Gasteiger charge is -2.11. The molecular weight excluding hydrogens is 314 g/mol. The molecule has 0 bridgehead atoms. The van der Waals surface area contributed by atoms with E-state index in [1.54, 1.807) is 0 Å². The predicted octanol–water partition coefficient (Wildman–Crippen LogP) is 5.05. The summed E-state index contributed by atoms with van der Waals surface area (Å²) in [6, 6.07) is 14.3. The van der Waals surface area contributed by atoms with Crippen molar-refractivity contribution >= 4 is 15.9 Å². The molecule has 3 heteroatoms. The number of benzene rings is 2. The Morgan fingerprint density at radius 1 is 1.10 bits per heavy atom. The molecule has 0 unspecified atom stereocenters. The monoisotopic (exact) mass is 333 g/mol. The molecule has 2 rings (SSSR count). The lowest BCUT2D eigenvalue weighted by atomic mass is 10.2. The molecule has 0 aliphatic carbocycles. The van der Waals surface area contributed by atoms with Crippen LogP contribution in [0.5, 0.6) is 11.5 Å². The molecule has 0 aliphatic heterocycles. The van der Waals surface area contributed by atoms with Gasteiger partial charge in [0.1, 0.15) is 11.5 Å². The van der Waals surface area contributed by atoms with Gasteiger partial charge in [-0.2, -0.15) is 0 Å². The zero-order valence-corrected chi connectivity index (χ0v) is 13.5. The van der Waals surface area contributed by atoms with E-state index in [0.29, 0.717) is 0 Å². The summed E-state index contributed by atoms with van der Waals surface area (Å²) in [6.07, 6.45) is 1.15. The van der Waals surface area contributed by atoms with E-state index in [4.69, 9.17) is 4.74 Å². The maximum absolute atomic E-state index is 5.95. The lowest BCUT2D eigenvalue weighted by Crippen LogP contribution is -2.13. The lowest BCUT2D eigenvalue weighted by molar-refractivity contribution is 0.475. The Morgan fingerprint density at radius 3 is 2.60 bits per heavy atom. The van der Waals surface area contributed by atoms with Crippen LogP contribution < -0.4 is 10.1 Å². The first-order valence-corrected chi connectivity index (χ1v) is 7.72. The van der Waals surface area contributed by atoms with E-state index >= 15 is 0 Å². The van der Waals surface area contributed by atoms with Crippen molar-refractivity contribution in [3.05, 3.63) is 58.1 Å². The topological polar surface area (TPSA) is 21.3 Å². The third-order valence-corrected chi connectivity index (χ3v) is 3.69. The third kappa shape index (κ3) is 4.09. The van der Waals surface area contributed by atoms with Gasteiger partial charge in [0.15, 0.2) is 0 Å². The normalized spacial score (nSPS) is 10.6. The minimum absolute atomic E-state index is 0.846. The fraction of sp³-hybridized carbons (Fsp3) is 0.294. The molecule has 0 saturated carbocycles. The van der Waals surface area contributed by atoms with Crippen LogP contribution >= 0.6 is 15.9 Å². The predicted molar refractivity (Wildman–Crippen MR) is 87.4 cm³/mol. The summed E-state index contributed by atoms with van der Waals surface area (Å²) < 4.78 is 6.94. The van der Waals surface area contributed by atoms with Crippen LogP contribution in [0.3, 0.4) is 0 Å². The van der Waals surface area contributed by atoms with E-state index in [0.717, 1.165) is 41.0 Å². The summed E-state index contributed by atoms with van der Waals surface area (Å²) >= 11 is 3.59. The molecule has 2 aromatic rings. The van der Waals surface area contributed by atoms with Crippen molar-refractivity contribution in [1.82, 2.24) is 5.32 Å². The van der Waals surface area contributed by atoms with Crippen molar-refractivity contribution in [3.8, 4) is 11.5 Å². The molecule has 1 N–H and O–H groups in total. The molecule has 0 atom stereocenters. The molecule has 0 spiro atoms. The Hall–Kier alpha value is -1.32. The van der Waals surface area contributed by atoms with Crippen LogP contribution in [0.4, 0.5) is 0 Å².